The average molecular weight is 343 g/mol. The largest absolute Gasteiger partial charge is 0.370 e. The van der Waals surface area contributed by atoms with E-state index in [1.165, 1.54) is 16.5 Å². The first-order chi connectivity index (χ1) is 12.8. The first-order valence-electron chi connectivity index (χ1n) is 8.74. The number of aryl methyl sites for hydroxylation is 1. The van der Waals surface area contributed by atoms with Gasteiger partial charge < -0.3 is 15.6 Å². The predicted octanol–water partition coefficient (Wildman–Crippen LogP) is 4.66. The maximum Gasteiger partial charge on any atom is 0.229 e. The van der Waals surface area contributed by atoms with E-state index < -0.39 is 0 Å². The molecule has 2 heterocycles. The van der Waals surface area contributed by atoms with Crippen molar-refractivity contribution in [1.29, 1.82) is 0 Å². The van der Waals surface area contributed by atoms with Gasteiger partial charge in [0.25, 0.3) is 0 Å². The quantitative estimate of drug-likeness (QED) is 0.476. The lowest BCUT2D eigenvalue weighted by Gasteiger charge is -2.10. The molecule has 0 fully saturated rings. The molecule has 0 saturated heterocycles. The molecule has 4 aromatic rings. The number of hydrogen-bond acceptors (Lipinski definition) is 4. The first-order valence-corrected chi connectivity index (χ1v) is 8.74. The molecule has 0 spiro atoms. The first kappa shape index (κ1) is 16.1. The van der Waals surface area contributed by atoms with Gasteiger partial charge >= 0.3 is 0 Å². The minimum Gasteiger partial charge on any atom is -0.370 e. The van der Waals surface area contributed by atoms with E-state index in [-0.39, 0.29) is 0 Å². The summed E-state index contributed by atoms with van der Waals surface area (Å²) >= 11 is 0. The molecule has 0 aliphatic rings. The van der Waals surface area contributed by atoms with E-state index >= 15 is 0 Å². The maximum atomic E-state index is 4.55. The van der Waals surface area contributed by atoms with Gasteiger partial charge in [0.2, 0.25) is 5.95 Å². The van der Waals surface area contributed by atoms with Crippen LogP contribution in [-0.4, -0.2) is 21.5 Å². The Bertz CT molecular complexity index is 1020. The van der Waals surface area contributed by atoms with Crippen LogP contribution in [0, 0.1) is 6.92 Å². The molecule has 0 amide bonds. The fourth-order valence-corrected chi connectivity index (χ4v) is 3.01. The number of aromatic amines is 1. The van der Waals surface area contributed by atoms with Crippen LogP contribution < -0.4 is 10.6 Å². The number of nitrogens with zero attached hydrogens (tertiary/aromatic N) is 2. The normalized spacial score (nSPS) is 10.8. The van der Waals surface area contributed by atoms with Crippen molar-refractivity contribution in [2.45, 2.75) is 13.3 Å². The summed E-state index contributed by atoms with van der Waals surface area (Å²) in [7, 11) is 0. The summed E-state index contributed by atoms with van der Waals surface area (Å²) < 4.78 is 0. The Morgan fingerprint density at radius 1 is 1.00 bits per heavy atom. The van der Waals surface area contributed by atoms with Gasteiger partial charge in [-0.05, 0) is 42.7 Å². The van der Waals surface area contributed by atoms with Gasteiger partial charge in [0.15, 0.2) is 0 Å². The lowest BCUT2D eigenvalue weighted by Crippen LogP contribution is -2.07. The van der Waals surface area contributed by atoms with Crippen LogP contribution in [0.4, 0.5) is 17.5 Å². The fraction of sp³-hybridized carbons (Fsp3) is 0.143. The molecule has 5 nitrogen and oxygen atoms in total. The third-order valence-corrected chi connectivity index (χ3v) is 4.42. The summed E-state index contributed by atoms with van der Waals surface area (Å²) in [6, 6.07) is 18.4. The molecule has 5 heteroatoms. The summed E-state index contributed by atoms with van der Waals surface area (Å²) in [4.78, 5) is 12.2. The molecule has 4 rings (SSSR count). The van der Waals surface area contributed by atoms with Crippen molar-refractivity contribution in [3.63, 3.8) is 0 Å². The fourth-order valence-electron chi connectivity index (χ4n) is 3.01. The third-order valence-electron chi connectivity index (χ3n) is 4.42. The van der Waals surface area contributed by atoms with Crippen molar-refractivity contribution in [2.24, 2.45) is 0 Å². The summed E-state index contributed by atoms with van der Waals surface area (Å²) in [5.41, 5.74) is 4.66. The molecular weight excluding hydrogens is 322 g/mol. The number of aromatic nitrogens is 3. The molecule has 0 aliphatic heterocycles. The van der Waals surface area contributed by atoms with Crippen molar-refractivity contribution in [1.82, 2.24) is 15.0 Å². The van der Waals surface area contributed by atoms with E-state index in [1.54, 1.807) is 6.20 Å². The van der Waals surface area contributed by atoms with Gasteiger partial charge in [-0.3, -0.25) is 0 Å². The smallest absolute Gasteiger partial charge is 0.229 e. The second-order valence-electron chi connectivity index (χ2n) is 6.24. The Morgan fingerprint density at radius 3 is 2.77 bits per heavy atom. The molecule has 26 heavy (non-hydrogen) atoms. The highest BCUT2D eigenvalue weighted by Crippen LogP contribution is 2.19. The van der Waals surface area contributed by atoms with Gasteiger partial charge in [0, 0.05) is 35.5 Å². The summed E-state index contributed by atoms with van der Waals surface area (Å²) in [5.74, 6) is 1.41. The van der Waals surface area contributed by atoms with E-state index in [1.807, 2.05) is 30.3 Å². The topological polar surface area (TPSA) is 65.6 Å². The number of anilines is 3. The number of H-pyrrole nitrogens is 1. The number of para-hydroxylation sites is 2. The zero-order chi connectivity index (χ0) is 17.8. The summed E-state index contributed by atoms with van der Waals surface area (Å²) in [6.45, 7) is 2.87. The number of rotatable bonds is 6. The van der Waals surface area contributed by atoms with Gasteiger partial charge in [-0.2, -0.15) is 4.98 Å². The highest BCUT2D eigenvalue weighted by atomic mass is 15.1. The SMILES string of the molecule is Cc1ccccc1Nc1nccc(NCCc2c[nH]c3ccccc23)n1. The Morgan fingerprint density at radius 2 is 1.85 bits per heavy atom. The molecule has 0 unspecified atom stereocenters. The van der Waals surface area contributed by atoms with Crippen molar-refractivity contribution in [3.05, 3.63) is 78.1 Å². The maximum absolute atomic E-state index is 4.55. The van der Waals surface area contributed by atoms with Crippen LogP contribution in [0.15, 0.2) is 67.0 Å². The monoisotopic (exact) mass is 343 g/mol. The number of nitrogens with one attached hydrogen (secondary N) is 3. The van der Waals surface area contributed by atoms with Gasteiger partial charge in [0.1, 0.15) is 5.82 Å². The van der Waals surface area contributed by atoms with Crippen LogP contribution in [0.3, 0.4) is 0 Å². The van der Waals surface area contributed by atoms with Gasteiger partial charge in [-0.25, -0.2) is 4.98 Å². The minimum absolute atomic E-state index is 0.594. The van der Waals surface area contributed by atoms with E-state index in [2.05, 4.69) is 63.0 Å². The van der Waals surface area contributed by atoms with Crippen LogP contribution in [-0.2, 0) is 6.42 Å². The second-order valence-corrected chi connectivity index (χ2v) is 6.24. The molecule has 2 aromatic heterocycles. The predicted molar refractivity (Wildman–Crippen MR) is 107 cm³/mol. The lowest BCUT2D eigenvalue weighted by molar-refractivity contribution is 1.01. The van der Waals surface area contributed by atoms with Crippen LogP contribution in [0.5, 0.6) is 0 Å². The van der Waals surface area contributed by atoms with Crippen LogP contribution in [0.2, 0.25) is 0 Å². The molecule has 3 N–H and O–H groups in total. The van der Waals surface area contributed by atoms with Gasteiger partial charge in [-0.1, -0.05) is 36.4 Å². The molecular formula is C21H21N5. The molecule has 0 bridgehead atoms. The second kappa shape index (κ2) is 7.27. The third kappa shape index (κ3) is 3.52. The minimum atomic E-state index is 0.594. The average Bonchev–Trinajstić information content (AvgIpc) is 3.07. The highest BCUT2D eigenvalue weighted by Gasteiger charge is 2.04. The highest BCUT2D eigenvalue weighted by molar-refractivity contribution is 5.83. The Labute approximate surface area is 152 Å². The number of hydrogen-bond donors (Lipinski definition) is 3. The molecule has 0 atom stereocenters. The van der Waals surface area contributed by atoms with E-state index in [0.717, 1.165) is 30.0 Å². The summed E-state index contributed by atoms with van der Waals surface area (Å²) in [5, 5.41) is 7.93. The zero-order valence-corrected chi connectivity index (χ0v) is 14.7. The number of benzene rings is 2. The summed E-state index contributed by atoms with van der Waals surface area (Å²) in [6.07, 6.45) is 4.77. The molecule has 0 aliphatic carbocycles. The molecule has 0 saturated carbocycles. The van der Waals surface area contributed by atoms with Crippen LogP contribution >= 0.6 is 0 Å². The van der Waals surface area contributed by atoms with Crippen LogP contribution in [0.1, 0.15) is 11.1 Å². The van der Waals surface area contributed by atoms with E-state index in [4.69, 9.17) is 0 Å². The van der Waals surface area contributed by atoms with Gasteiger partial charge in [0.05, 0.1) is 0 Å². The van der Waals surface area contributed by atoms with Crippen molar-refractivity contribution in [2.75, 3.05) is 17.2 Å². The van der Waals surface area contributed by atoms with Crippen molar-refractivity contribution in [3.8, 4) is 0 Å². The van der Waals surface area contributed by atoms with E-state index in [0.29, 0.717) is 5.95 Å². The van der Waals surface area contributed by atoms with E-state index in [9.17, 15) is 0 Å². The van der Waals surface area contributed by atoms with Crippen LogP contribution in [0.25, 0.3) is 10.9 Å². The molecule has 130 valence electrons. The van der Waals surface area contributed by atoms with Crippen molar-refractivity contribution >= 4 is 28.4 Å². The molecule has 2 aromatic carbocycles. The van der Waals surface area contributed by atoms with Crippen molar-refractivity contribution < 1.29 is 0 Å². The Kier molecular flexibility index (Phi) is 4.51. The van der Waals surface area contributed by atoms with Gasteiger partial charge in [-0.15, -0.1) is 0 Å². The standard InChI is InChI=1S/C21H21N5/c1-15-6-2-4-8-18(15)25-21-23-13-11-20(26-21)22-12-10-16-14-24-19-9-5-3-7-17(16)19/h2-9,11,13-14,24H,10,12H2,1H3,(H2,22,23,25,26). The molecule has 0 radical (unpaired) electrons. The Hall–Kier alpha value is -3.34. The number of fused-ring (bicyclic) bond motifs is 1. The lowest BCUT2D eigenvalue weighted by atomic mass is 10.1. The zero-order valence-electron chi connectivity index (χ0n) is 14.7. The Balaban J connectivity index is 1.40.